The minimum absolute atomic E-state index is 0.111. The molecule has 0 aliphatic carbocycles. The molecule has 0 spiro atoms. The number of rotatable bonds is 7. The van der Waals surface area contributed by atoms with Crippen LogP contribution in [0.5, 0.6) is 0 Å². The molecule has 0 aliphatic heterocycles. The van der Waals surface area contributed by atoms with E-state index in [1.807, 2.05) is 66.1 Å². The molecular weight excluding hydrogens is 477 g/mol. The van der Waals surface area contributed by atoms with Crippen molar-refractivity contribution in [3.05, 3.63) is 94.0 Å². The summed E-state index contributed by atoms with van der Waals surface area (Å²) in [6, 6.07) is 22.7. The molecule has 6 nitrogen and oxygen atoms in total. The second-order valence-corrected chi connectivity index (χ2v) is 8.87. The van der Waals surface area contributed by atoms with Gasteiger partial charge in [-0.25, -0.2) is 5.43 Å². The average molecular weight is 496 g/mol. The standard InChI is InChI=1S/C24H19Cl2N5OS/c1-16-6-8-17(9-7-16)23-29-30-24(31(23)20-12-10-19(25)11-13-20)33-15-22(32)28-27-14-18-4-2-3-5-21(18)26/h2-14H,15H2,1H3,(H,28,32). The Balaban J connectivity index is 1.52. The summed E-state index contributed by atoms with van der Waals surface area (Å²) in [5.41, 5.74) is 6.16. The van der Waals surface area contributed by atoms with E-state index in [0.29, 0.717) is 21.0 Å². The lowest BCUT2D eigenvalue weighted by atomic mass is 10.1. The third-order valence-corrected chi connectivity index (χ3v) is 6.18. The number of nitrogens with zero attached hydrogens (tertiary/aromatic N) is 4. The first-order valence-electron chi connectivity index (χ1n) is 9.99. The number of nitrogens with one attached hydrogen (secondary N) is 1. The Kier molecular flexibility index (Phi) is 7.44. The molecule has 1 aromatic heterocycles. The van der Waals surface area contributed by atoms with E-state index in [4.69, 9.17) is 23.2 Å². The van der Waals surface area contributed by atoms with Crippen molar-refractivity contribution in [1.82, 2.24) is 20.2 Å². The molecule has 0 radical (unpaired) electrons. The lowest BCUT2D eigenvalue weighted by Gasteiger charge is -2.10. The van der Waals surface area contributed by atoms with Crippen LogP contribution in [0.15, 0.2) is 83.1 Å². The quantitative estimate of drug-likeness (QED) is 0.200. The van der Waals surface area contributed by atoms with Crippen LogP contribution in [0.4, 0.5) is 0 Å². The zero-order valence-corrected chi connectivity index (χ0v) is 19.9. The van der Waals surface area contributed by atoms with Gasteiger partial charge in [-0.05, 0) is 37.3 Å². The number of hydrazone groups is 1. The summed E-state index contributed by atoms with van der Waals surface area (Å²) in [4.78, 5) is 12.3. The second kappa shape index (κ2) is 10.7. The normalized spacial score (nSPS) is 11.1. The minimum Gasteiger partial charge on any atom is -0.272 e. The van der Waals surface area contributed by atoms with Gasteiger partial charge < -0.3 is 0 Å². The van der Waals surface area contributed by atoms with Crippen LogP contribution in [0.3, 0.4) is 0 Å². The van der Waals surface area contributed by atoms with Crippen LogP contribution in [0, 0.1) is 6.92 Å². The van der Waals surface area contributed by atoms with Crippen LogP contribution in [-0.2, 0) is 4.79 Å². The summed E-state index contributed by atoms with van der Waals surface area (Å²) >= 11 is 13.4. The number of aryl methyl sites for hydroxylation is 1. The molecule has 0 fully saturated rings. The largest absolute Gasteiger partial charge is 0.272 e. The first-order valence-corrected chi connectivity index (χ1v) is 11.7. The predicted octanol–water partition coefficient (Wildman–Crippen LogP) is 5.79. The first kappa shape index (κ1) is 23.0. The van der Waals surface area contributed by atoms with Crippen LogP contribution < -0.4 is 5.43 Å². The first-order chi connectivity index (χ1) is 16.0. The fraction of sp³-hybridized carbons (Fsp3) is 0.0833. The summed E-state index contributed by atoms with van der Waals surface area (Å²) in [7, 11) is 0. The Labute approximate surface area is 205 Å². The van der Waals surface area contributed by atoms with E-state index in [1.165, 1.54) is 18.0 Å². The highest BCUT2D eigenvalue weighted by molar-refractivity contribution is 7.99. The van der Waals surface area contributed by atoms with Crippen LogP contribution in [-0.4, -0.2) is 32.6 Å². The molecular formula is C24H19Cl2N5OS. The third kappa shape index (κ3) is 5.82. The number of hydrogen-bond donors (Lipinski definition) is 1. The van der Waals surface area contributed by atoms with E-state index in [0.717, 1.165) is 22.4 Å². The zero-order valence-electron chi connectivity index (χ0n) is 17.6. The van der Waals surface area contributed by atoms with Crippen LogP contribution >= 0.6 is 35.0 Å². The van der Waals surface area contributed by atoms with Gasteiger partial charge in [0.2, 0.25) is 0 Å². The minimum atomic E-state index is -0.272. The predicted molar refractivity (Wildman–Crippen MR) is 134 cm³/mol. The molecule has 4 rings (SSSR count). The van der Waals surface area contributed by atoms with Crippen molar-refractivity contribution < 1.29 is 4.79 Å². The van der Waals surface area contributed by atoms with E-state index >= 15 is 0 Å². The number of amides is 1. The molecule has 1 heterocycles. The molecule has 9 heteroatoms. The van der Waals surface area contributed by atoms with Gasteiger partial charge in [-0.3, -0.25) is 9.36 Å². The summed E-state index contributed by atoms with van der Waals surface area (Å²) in [6.45, 7) is 2.03. The third-order valence-electron chi connectivity index (χ3n) is 4.66. The lowest BCUT2D eigenvalue weighted by molar-refractivity contribution is -0.118. The van der Waals surface area contributed by atoms with E-state index in [2.05, 4.69) is 20.7 Å². The van der Waals surface area contributed by atoms with Gasteiger partial charge in [-0.2, -0.15) is 5.10 Å². The van der Waals surface area contributed by atoms with Gasteiger partial charge in [0.15, 0.2) is 11.0 Å². The Morgan fingerprint density at radius 2 is 1.76 bits per heavy atom. The fourth-order valence-corrected chi connectivity index (χ4v) is 4.05. The van der Waals surface area contributed by atoms with Gasteiger partial charge >= 0.3 is 0 Å². The number of benzene rings is 3. The van der Waals surface area contributed by atoms with Crippen LogP contribution in [0.25, 0.3) is 17.1 Å². The van der Waals surface area contributed by atoms with Crippen molar-refractivity contribution in [2.75, 3.05) is 5.75 Å². The molecule has 0 atom stereocenters. The average Bonchev–Trinajstić information content (AvgIpc) is 3.24. The molecule has 0 aliphatic rings. The van der Waals surface area contributed by atoms with Crippen LogP contribution in [0.1, 0.15) is 11.1 Å². The van der Waals surface area contributed by atoms with Gasteiger partial charge in [-0.1, -0.05) is 83.0 Å². The van der Waals surface area contributed by atoms with Crippen molar-refractivity contribution in [3.63, 3.8) is 0 Å². The summed E-state index contributed by atoms with van der Waals surface area (Å²) in [5, 5.41) is 14.5. The Morgan fingerprint density at radius 3 is 2.48 bits per heavy atom. The van der Waals surface area contributed by atoms with E-state index in [-0.39, 0.29) is 11.7 Å². The lowest BCUT2D eigenvalue weighted by Crippen LogP contribution is -2.20. The highest BCUT2D eigenvalue weighted by Crippen LogP contribution is 2.28. The number of halogens is 2. The molecule has 0 unspecified atom stereocenters. The van der Waals surface area contributed by atoms with Gasteiger partial charge in [0.05, 0.1) is 12.0 Å². The number of carbonyl (C=O) groups excluding carboxylic acids is 1. The maximum absolute atomic E-state index is 12.3. The number of aromatic nitrogens is 3. The molecule has 0 saturated carbocycles. The van der Waals surface area contributed by atoms with E-state index in [1.54, 1.807) is 18.2 Å². The second-order valence-electron chi connectivity index (χ2n) is 7.09. The highest BCUT2D eigenvalue weighted by Gasteiger charge is 2.17. The summed E-state index contributed by atoms with van der Waals surface area (Å²) in [5.74, 6) is 0.516. The van der Waals surface area contributed by atoms with Crippen molar-refractivity contribution >= 4 is 47.1 Å². The summed E-state index contributed by atoms with van der Waals surface area (Å²) in [6.07, 6.45) is 1.51. The van der Waals surface area contributed by atoms with Gasteiger partial charge in [0.1, 0.15) is 0 Å². The SMILES string of the molecule is Cc1ccc(-c2nnc(SCC(=O)NN=Cc3ccccc3Cl)n2-c2ccc(Cl)cc2)cc1. The van der Waals surface area contributed by atoms with Crippen molar-refractivity contribution in [2.45, 2.75) is 12.1 Å². The number of hydrogen-bond acceptors (Lipinski definition) is 5. The fourth-order valence-electron chi connectivity index (χ4n) is 2.99. The molecule has 4 aromatic rings. The van der Waals surface area contributed by atoms with Crippen molar-refractivity contribution in [2.24, 2.45) is 5.10 Å². The Morgan fingerprint density at radius 1 is 1.03 bits per heavy atom. The molecule has 0 bridgehead atoms. The molecule has 1 amide bonds. The van der Waals surface area contributed by atoms with Gasteiger partial charge in [0.25, 0.3) is 5.91 Å². The molecule has 166 valence electrons. The number of thioether (sulfide) groups is 1. The Hall–Kier alpha value is -3.13. The maximum Gasteiger partial charge on any atom is 0.250 e. The number of carbonyl (C=O) groups is 1. The van der Waals surface area contributed by atoms with Crippen molar-refractivity contribution in [1.29, 1.82) is 0 Å². The molecule has 1 N–H and O–H groups in total. The van der Waals surface area contributed by atoms with Crippen molar-refractivity contribution in [3.8, 4) is 17.1 Å². The topological polar surface area (TPSA) is 72.2 Å². The molecule has 0 saturated heterocycles. The Bertz CT molecular complexity index is 1290. The van der Waals surface area contributed by atoms with Gasteiger partial charge in [-0.15, -0.1) is 10.2 Å². The van der Waals surface area contributed by atoms with E-state index in [9.17, 15) is 4.79 Å². The molecule has 33 heavy (non-hydrogen) atoms. The highest BCUT2D eigenvalue weighted by atomic mass is 35.5. The summed E-state index contributed by atoms with van der Waals surface area (Å²) < 4.78 is 1.91. The van der Waals surface area contributed by atoms with Gasteiger partial charge in [0, 0.05) is 26.9 Å². The van der Waals surface area contributed by atoms with E-state index < -0.39 is 0 Å². The smallest absolute Gasteiger partial charge is 0.250 e. The maximum atomic E-state index is 12.3. The zero-order chi connectivity index (χ0) is 23.2. The monoisotopic (exact) mass is 495 g/mol. The molecule has 3 aromatic carbocycles. The van der Waals surface area contributed by atoms with Crippen LogP contribution in [0.2, 0.25) is 10.0 Å².